The minimum absolute atomic E-state index is 0.00257. The Morgan fingerprint density at radius 3 is 2.47 bits per heavy atom. The first kappa shape index (κ1) is 14.1. The van der Waals surface area contributed by atoms with Gasteiger partial charge in [0.1, 0.15) is 0 Å². The van der Waals surface area contributed by atoms with E-state index in [1.807, 2.05) is 0 Å². The quantitative estimate of drug-likeness (QED) is 0.775. The van der Waals surface area contributed by atoms with Gasteiger partial charge in [-0.1, -0.05) is 29.3 Å². The summed E-state index contributed by atoms with van der Waals surface area (Å²) < 4.78 is 0. The average molecular weight is 278 g/mol. The van der Waals surface area contributed by atoms with Crippen LogP contribution in [0.15, 0.2) is 18.2 Å². The van der Waals surface area contributed by atoms with Crippen LogP contribution in [-0.4, -0.2) is 29.0 Å². The molecule has 1 atom stereocenters. The van der Waals surface area contributed by atoms with Gasteiger partial charge in [-0.3, -0.25) is 0 Å². The summed E-state index contributed by atoms with van der Waals surface area (Å²) in [6.07, 6.45) is -1.01. The van der Waals surface area contributed by atoms with Crippen LogP contribution >= 0.6 is 23.2 Å². The smallest absolute Gasteiger partial charge is 0.404 e. The Morgan fingerprint density at radius 1 is 1.35 bits per heavy atom. The fourth-order valence-corrected chi connectivity index (χ4v) is 1.98. The first-order valence-electron chi connectivity index (χ1n) is 5.08. The van der Waals surface area contributed by atoms with Crippen molar-refractivity contribution in [3.63, 3.8) is 0 Å². The number of hydrogen-bond acceptors (Lipinski definition) is 2. The summed E-state index contributed by atoms with van der Waals surface area (Å²) in [4.78, 5) is 10.2. The second kappa shape index (κ2) is 6.69. The highest BCUT2D eigenvalue weighted by molar-refractivity contribution is 6.35. The van der Waals surface area contributed by atoms with Crippen molar-refractivity contribution in [1.82, 2.24) is 5.32 Å². The summed E-state index contributed by atoms with van der Waals surface area (Å²) in [7, 11) is 0. The number of rotatable bonds is 5. The number of hydrogen-bond donors (Lipinski definition) is 3. The van der Waals surface area contributed by atoms with E-state index in [1.165, 1.54) is 0 Å². The second-order valence-corrected chi connectivity index (χ2v) is 4.39. The van der Waals surface area contributed by atoms with E-state index in [1.54, 1.807) is 18.2 Å². The predicted octanol–water partition coefficient (Wildman–Crippen LogP) is 2.55. The maximum absolute atomic E-state index is 10.2. The van der Waals surface area contributed by atoms with E-state index in [2.05, 4.69) is 5.32 Å². The number of amides is 1. The highest BCUT2D eigenvalue weighted by atomic mass is 35.5. The molecule has 0 spiro atoms. The molecule has 3 N–H and O–H groups in total. The van der Waals surface area contributed by atoms with Gasteiger partial charge in [0.15, 0.2) is 0 Å². The van der Waals surface area contributed by atoms with Crippen molar-refractivity contribution < 1.29 is 15.0 Å². The fraction of sp³-hybridized carbons (Fsp3) is 0.364. The van der Waals surface area contributed by atoms with Crippen molar-refractivity contribution in [2.75, 3.05) is 6.54 Å². The first-order chi connectivity index (χ1) is 8.00. The molecule has 0 bridgehead atoms. The molecule has 0 saturated heterocycles. The SMILES string of the molecule is O=C(O)NCC(O)CCc1c(Cl)cccc1Cl. The van der Waals surface area contributed by atoms with Gasteiger partial charge in [-0.2, -0.15) is 0 Å². The van der Waals surface area contributed by atoms with E-state index in [-0.39, 0.29) is 6.54 Å². The first-order valence-corrected chi connectivity index (χ1v) is 5.84. The van der Waals surface area contributed by atoms with Gasteiger partial charge in [0.25, 0.3) is 0 Å². The Morgan fingerprint density at radius 2 is 1.94 bits per heavy atom. The molecule has 0 saturated carbocycles. The monoisotopic (exact) mass is 277 g/mol. The van der Waals surface area contributed by atoms with E-state index in [9.17, 15) is 9.90 Å². The van der Waals surface area contributed by atoms with Crippen LogP contribution < -0.4 is 5.32 Å². The third kappa shape index (κ3) is 4.81. The molecule has 6 heteroatoms. The number of aliphatic hydroxyl groups excluding tert-OH is 1. The zero-order chi connectivity index (χ0) is 12.8. The molecule has 94 valence electrons. The summed E-state index contributed by atoms with van der Waals surface area (Å²) in [6.45, 7) is -0.00257. The largest absolute Gasteiger partial charge is 0.465 e. The van der Waals surface area contributed by atoms with Gasteiger partial charge in [-0.25, -0.2) is 4.79 Å². The maximum Gasteiger partial charge on any atom is 0.404 e. The highest BCUT2D eigenvalue weighted by Gasteiger charge is 2.10. The Kier molecular flexibility index (Phi) is 5.55. The maximum atomic E-state index is 10.2. The third-order valence-corrected chi connectivity index (χ3v) is 2.99. The van der Waals surface area contributed by atoms with Crippen LogP contribution in [-0.2, 0) is 6.42 Å². The minimum atomic E-state index is -1.15. The molecule has 0 aliphatic rings. The normalized spacial score (nSPS) is 12.2. The predicted molar refractivity (Wildman–Crippen MR) is 66.8 cm³/mol. The zero-order valence-corrected chi connectivity index (χ0v) is 10.5. The van der Waals surface area contributed by atoms with Gasteiger partial charge < -0.3 is 15.5 Å². The summed E-state index contributed by atoms with van der Waals surface area (Å²) in [5.74, 6) is 0. The van der Waals surface area contributed by atoms with Gasteiger partial charge in [-0.15, -0.1) is 0 Å². The lowest BCUT2D eigenvalue weighted by molar-refractivity contribution is 0.150. The molecular formula is C11H13Cl2NO3. The van der Waals surface area contributed by atoms with E-state index in [4.69, 9.17) is 28.3 Å². The summed E-state index contributed by atoms with van der Waals surface area (Å²) >= 11 is 11.9. The third-order valence-electron chi connectivity index (χ3n) is 2.28. The number of aliphatic hydroxyl groups is 1. The molecular weight excluding hydrogens is 265 g/mol. The molecule has 1 amide bonds. The number of carbonyl (C=O) groups is 1. The Bertz CT molecular complexity index is 378. The Balaban J connectivity index is 2.47. The molecule has 0 fully saturated rings. The molecule has 1 aromatic rings. The molecule has 0 aliphatic carbocycles. The van der Waals surface area contributed by atoms with E-state index in [0.717, 1.165) is 5.56 Å². The van der Waals surface area contributed by atoms with Gasteiger partial charge in [0, 0.05) is 16.6 Å². The Hall–Kier alpha value is -0.970. The molecule has 4 nitrogen and oxygen atoms in total. The average Bonchev–Trinajstić information content (AvgIpc) is 2.25. The zero-order valence-electron chi connectivity index (χ0n) is 8.99. The number of nitrogens with one attached hydrogen (secondary N) is 1. The second-order valence-electron chi connectivity index (χ2n) is 3.58. The number of benzene rings is 1. The van der Waals surface area contributed by atoms with Crippen LogP contribution in [0.3, 0.4) is 0 Å². The van der Waals surface area contributed by atoms with Crippen LogP contribution in [0.5, 0.6) is 0 Å². The molecule has 1 aromatic carbocycles. The van der Waals surface area contributed by atoms with Crippen LogP contribution in [0, 0.1) is 0 Å². The summed E-state index contributed by atoms with van der Waals surface area (Å²) in [5, 5.41) is 21.1. The van der Waals surface area contributed by atoms with Crippen LogP contribution in [0.4, 0.5) is 4.79 Å². The van der Waals surface area contributed by atoms with Gasteiger partial charge in [-0.05, 0) is 30.5 Å². The topological polar surface area (TPSA) is 69.6 Å². The minimum Gasteiger partial charge on any atom is -0.465 e. The molecule has 0 radical (unpaired) electrons. The van der Waals surface area contributed by atoms with Crippen molar-refractivity contribution in [1.29, 1.82) is 0 Å². The molecule has 1 rings (SSSR count). The molecule has 0 aromatic heterocycles. The van der Waals surface area contributed by atoms with Crippen molar-refractivity contribution in [2.45, 2.75) is 18.9 Å². The lowest BCUT2D eigenvalue weighted by Gasteiger charge is -2.11. The standard InChI is InChI=1S/C11H13Cl2NO3/c12-9-2-1-3-10(13)8(9)5-4-7(15)6-14-11(16)17/h1-3,7,14-15H,4-6H2,(H,16,17). The molecule has 17 heavy (non-hydrogen) atoms. The number of carboxylic acid groups (broad SMARTS) is 1. The lowest BCUT2D eigenvalue weighted by Crippen LogP contribution is -2.31. The van der Waals surface area contributed by atoms with Crippen LogP contribution in [0.1, 0.15) is 12.0 Å². The van der Waals surface area contributed by atoms with Crippen molar-refractivity contribution in [3.05, 3.63) is 33.8 Å². The van der Waals surface area contributed by atoms with E-state index >= 15 is 0 Å². The molecule has 1 unspecified atom stereocenters. The molecule has 0 heterocycles. The van der Waals surface area contributed by atoms with Crippen LogP contribution in [0.25, 0.3) is 0 Å². The fourth-order valence-electron chi connectivity index (χ4n) is 1.39. The van der Waals surface area contributed by atoms with Crippen molar-refractivity contribution in [2.24, 2.45) is 0 Å². The highest BCUT2D eigenvalue weighted by Crippen LogP contribution is 2.25. The number of halogens is 2. The van der Waals surface area contributed by atoms with Crippen molar-refractivity contribution >= 4 is 29.3 Å². The lowest BCUT2D eigenvalue weighted by atomic mass is 10.1. The van der Waals surface area contributed by atoms with Gasteiger partial charge in [0.05, 0.1) is 6.10 Å². The van der Waals surface area contributed by atoms with Crippen molar-refractivity contribution in [3.8, 4) is 0 Å². The Labute approximate surface area is 109 Å². The van der Waals surface area contributed by atoms with Gasteiger partial charge in [0.2, 0.25) is 0 Å². The summed E-state index contributed by atoms with van der Waals surface area (Å²) in [6, 6.07) is 5.20. The van der Waals surface area contributed by atoms with E-state index in [0.29, 0.717) is 22.9 Å². The molecule has 0 aliphatic heterocycles. The van der Waals surface area contributed by atoms with E-state index < -0.39 is 12.2 Å². The van der Waals surface area contributed by atoms with Gasteiger partial charge >= 0.3 is 6.09 Å². The summed E-state index contributed by atoms with van der Waals surface area (Å²) in [5.41, 5.74) is 0.769. The van der Waals surface area contributed by atoms with Crippen LogP contribution in [0.2, 0.25) is 10.0 Å².